The lowest BCUT2D eigenvalue weighted by molar-refractivity contribution is 0.0904. The van der Waals surface area contributed by atoms with Gasteiger partial charge in [0, 0.05) is 19.3 Å². The van der Waals surface area contributed by atoms with Crippen molar-refractivity contribution < 1.29 is 13.5 Å². The summed E-state index contributed by atoms with van der Waals surface area (Å²) >= 11 is 0. The van der Waals surface area contributed by atoms with Gasteiger partial charge in [-0.05, 0) is 42.2 Å². The standard InChI is InChI=1S/C17H23F2N5O/c1-25-14-9-12-4-7-24(10-15(18)19)6-3-11(12)8-13(14)17(21)22-5-2-16(20)23-17/h2,5,8-9,15,22H,3-4,6-7,10,21H2,1H3,(H2,20,23). The number of benzene rings is 1. The lowest BCUT2D eigenvalue weighted by atomic mass is 9.95. The molecule has 0 aliphatic carbocycles. The number of amidine groups is 1. The molecule has 0 spiro atoms. The molecule has 0 amide bonds. The number of rotatable bonds is 4. The Bertz CT molecular complexity index is 707. The molecule has 5 N–H and O–H groups in total. The van der Waals surface area contributed by atoms with Crippen LogP contribution in [0.5, 0.6) is 5.75 Å². The third-order valence-corrected chi connectivity index (χ3v) is 4.59. The molecule has 1 aromatic carbocycles. The van der Waals surface area contributed by atoms with E-state index < -0.39 is 12.2 Å². The van der Waals surface area contributed by atoms with Crippen molar-refractivity contribution >= 4 is 5.84 Å². The first-order chi connectivity index (χ1) is 11.9. The van der Waals surface area contributed by atoms with Gasteiger partial charge in [-0.25, -0.2) is 13.8 Å². The number of fused-ring (bicyclic) bond motifs is 1. The van der Waals surface area contributed by atoms with Crippen LogP contribution < -0.4 is 21.5 Å². The normalized spacial score (nSPS) is 23.6. The van der Waals surface area contributed by atoms with Gasteiger partial charge in [-0.3, -0.25) is 10.6 Å². The number of nitrogens with two attached hydrogens (primary N) is 2. The van der Waals surface area contributed by atoms with Crippen molar-refractivity contribution in [3.63, 3.8) is 0 Å². The van der Waals surface area contributed by atoms with E-state index in [1.165, 1.54) is 0 Å². The summed E-state index contributed by atoms with van der Waals surface area (Å²) in [5, 5.41) is 3.01. The summed E-state index contributed by atoms with van der Waals surface area (Å²) in [5.74, 6) is -0.294. The molecule has 25 heavy (non-hydrogen) atoms. The number of ether oxygens (including phenoxy) is 1. The van der Waals surface area contributed by atoms with Gasteiger partial charge in [0.25, 0.3) is 6.43 Å². The second kappa shape index (κ2) is 6.97. The van der Waals surface area contributed by atoms with Crippen molar-refractivity contribution in [3.8, 4) is 5.75 Å². The molecule has 2 aliphatic rings. The zero-order chi connectivity index (χ0) is 18.0. The molecule has 136 valence electrons. The Morgan fingerprint density at radius 3 is 2.60 bits per heavy atom. The predicted octanol–water partition coefficient (Wildman–Crippen LogP) is 0.904. The lowest BCUT2D eigenvalue weighted by Gasteiger charge is -2.30. The minimum atomic E-state index is -2.32. The summed E-state index contributed by atoms with van der Waals surface area (Å²) < 4.78 is 30.9. The van der Waals surface area contributed by atoms with E-state index >= 15 is 0 Å². The van der Waals surface area contributed by atoms with E-state index in [0.29, 0.717) is 43.1 Å². The highest BCUT2D eigenvalue weighted by Gasteiger charge is 2.32. The second-order valence-corrected chi connectivity index (χ2v) is 6.29. The molecule has 2 heterocycles. The molecule has 3 rings (SSSR count). The van der Waals surface area contributed by atoms with Gasteiger partial charge in [0.2, 0.25) is 5.79 Å². The number of hydrogen-bond donors (Lipinski definition) is 3. The third-order valence-electron chi connectivity index (χ3n) is 4.59. The molecule has 8 heteroatoms. The molecule has 0 saturated heterocycles. The molecular formula is C17H23F2N5O. The van der Waals surface area contributed by atoms with E-state index in [2.05, 4.69) is 10.3 Å². The van der Waals surface area contributed by atoms with Crippen molar-refractivity contribution in [2.24, 2.45) is 16.5 Å². The van der Waals surface area contributed by atoms with E-state index in [1.807, 2.05) is 12.1 Å². The van der Waals surface area contributed by atoms with Crippen molar-refractivity contribution in [1.82, 2.24) is 10.2 Å². The van der Waals surface area contributed by atoms with E-state index in [0.717, 1.165) is 11.1 Å². The molecule has 2 aliphatic heterocycles. The molecule has 1 unspecified atom stereocenters. The lowest BCUT2D eigenvalue weighted by Crippen LogP contribution is -2.49. The fourth-order valence-corrected chi connectivity index (χ4v) is 3.31. The van der Waals surface area contributed by atoms with Gasteiger partial charge >= 0.3 is 0 Å². The Labute approximate surface area is 145 Å². The van der Waals surface area contributed by atoms with Gasteiger partial charge in [0.05, 0.1) is 19.2 Å². The minimum Gasteiger partial charge on any atom is -0.496 e. The average Bonchev–Trinajstić information content (AvgIpc) is 2.75. The number of aliphatic imine (C=N–C) groups is 1. The van der Waals surface area contributed by atoms with Gasteiger partial charge < -0.3 is 15.8 Å². The first-order valence-corrected chi connectivity index (χ1v) is 8.20. The van der Waals surface area contributed by atoms with Gasteiger partial charge in [0.15, 0.2) is 0 Å². The predicted molar refractivity (Wildman–Crippen MR) is 92.6 cm³/mol. The van der Waals surface area contributed by atoms with Crippen LogP contribution in [-0.4, -0.2) is 43.9 Å². The highest BCUT2D eigenvalue weighted by molar-refractivity contribution is 5.92. The van der Waals surface area contributed by atoms with E-state index in [1.54, 1.807) is 24.3 Å². The largest absolute Gasteiger partial charge is 0.496 e. The number of alkyl halides is 2. The summed E-state index contributed by atoms with van der Waals surface area (Å²) in [6.07, 6.45) is 2.31. The molecule has 0 saturated carbocycles. The number of nitrogens with zero attached hydrogens (tertiary/aromatic N) is 2. The smallest absolute Gasteiger partial charge is 0.251 e. The van der Waals surface area contributed by atoms with Crippen molar-refractivity contribution in [1.29, 1.82) is 0 Å². The van der Waals surface area contributed by atoms with Crippen LogP contribution in [0.3, 0.4) is 0 Å². The first-order valence-electron chi connectivity index (χ1n) is 8.20. The number of hydrogen-bond acceptors (Lipinski definition) is 6. The summed E-state index contributed by atoms with van der Waals surface area (Å²) in [6.45, 7) is 0.977. The van der Waals surface area contributed by atoms with Crippen LogP contribution in [0.15, 0.2) is 29.4 Å². The zero-order valence-electron chi connectivity index (χ0n) is 14.1. The number of halogens is 2. The van der Waals surface area contributed by atoms with Crippen LogP contribution in [0, 0.1) is 0 Å². The molecule has 6 nitrogen and oxygen atoms in total. The minimum absolute atomic E-state index is 0.202. The Morgan fingerprint density at radius 1 is 1.32 bits per heavy atom. The van der Waals surface area contributed by atoms with Crippen LogP contribution in [0.25, 0.3) is 0 Å². The average molecular weight is 351 g/mol. The zero-order valence-corrected chi connectivity index (χ0v) is 14.1. The number of methoxy groups -OCH3 is 1. The van der Waals surface area contributed by atoms with E-state index in [-0.39, 0.29) is 6.54 Å². The van der Waals surface area contributed by atoms with Crippen LogP contribution >= 0.6 is 0 Å². The molecular weight excluding hydrogens is 328 g/mol. The fraction of sp³-hybridized carbons (Fsp3) is 0.471. The van der Waals surface area contributed by atoms with Gasteiger partial charge in [-0.2, -0.15) is 0 Å². The SMILES string of the molecule is COc1cc2c(cc1C1(N)N=C(N)C=CN1)CCN(CC(F)F)CC2. The monoisotopic (exact) mass is 351 g/mol. The molecule has 0 aromatic heterocycles. The summed E-state index contributed by atoms with van der Waals surface area (Å²) in [5.41, 5.74) is 15.0. The van der Waals surface area contributed by atoms with Crippen molar-refractivity contribution in [3.05, 3.63) is 41.1 Å². The molecule has 1 aromatic rings. The first kappa shape index (κ1) is 17.6. The molecule has 0 radical (unpaired) electrons. The Kier molecular flexibility index (Phi) is 4.91. The van der Waals surface area contributed by atoms with Gasteiger partial charge in [0.1, 0.15) is 11.6 Å². The van der Waals surface area contributed by atoms with Crippen LogP contribution in [-0.2, 0) is 18.6 Å². The van der Waals surface area contributed by atoms with Crippen molar-refractivity contribution in [2.45, 2.75) is 25.1 Å². The van der Waals surface area contributed by atoms with Gasteiger partial charge in [-0.15, -0.1) is 0 Å². The fourth-order valence-electron chi connectivity index (χ4n) is 3.31. The Morgan fingerprint density at radius 2 is 2.00 bits per heavy atom. The van der Waals surface area contributed by atoms with Crippen LogP contribution in [0.4, 0.5) is 8.78 Å². The second-order valence-electron chi connectivity index (χ2n) is 6.29. The molecule has 1 atom stereocenters. The summed E-state index contributed by atoms with van der Waals surface area (Å²) in [4.78, 5) is 6.09. The summed E-state index contributed by atoms with van der Waals surface area (Å²) in [7, 11) is 1.57. The molecule has 0 fully saturated rings. The summed E-state index contributed by atoms with van der Waals surface area (Å²) in [6, 6.07) is 3.87. The van der Waals surface area contributed by atoms with Gasteiger partial charge in [-0.1, -0.05) is 0 Å². The third kappa shape index (κ3) is 3.74. The molecule has 0 bridgehead atoms. The Hall–Kier alpha value is -2.19. The highest BCUT2D eigenvalue weighted by Crippen LogP contribution is 2.33. The maximum Gasteiger partial charge on any atom is 0.251 e. The van der Waals surface area contributed by atoms with Crippen LogP contribution in [0.2, 0.25) is 0 Å². The topological polar surface area (TPSA) is 88.9 Å². The Balaban J connectivity index is 1.93. The number of nitrogens with one attached hydrogen (secondary N) is 1. The van der Waals surface area contributed by atoms with Crippen LogP contribution in [0.1, 0.15) is 16.7 Å². The highest BCUT2D eigenvalue weighted by atomic mass is 19.3. The quantitative estimate of drug-likeness (QED) is 0.750. The maximum atomic E-state index is 12.7. The van der Waals surface area contributed by atoms with Crippen molar-refractivity contribution in [2.75, 3.05) is 26.7 Å². The maximum absolute atomic E-state index is 12.7. The van der Waals surface area contributed by atoms with E-state index in [9.17, 15) is 8.78 Å². The van der Waals surface area contributed by atoms with E-state index in [4.69, 9.17) is 16.2 Å².